The third-order valence-corrected chi connectivity index (χ3v) is 5.48. The maximum absolute atomic E-state index is 14.4. The zero-order valence-corrected chi connectivity index (χ0v) is 17.7. The highest BCUT2D eigenvalue weighted by atomic mass is 19.1. The number of hydrogen-bond acceptors (Lipinski definition) is 7. The molecule has 32 heavy (non-hydrogen) atoms. The molecule has 0 radical (unpaired) electrons. The Balaban J connectivity index is 1.55. The molecular weight excluding hydrogens is 413 g/mol. The number of methoxy groups -OCH3 is 1. The van der Waals surface area contributed by atoms with Crippen LogP contribution in [-0.4, -0.2) is 58.5 Å². The molecule has 0 spiro atoms. The molecule has 3 aromatic heterocycles. The molecule has 0 unspecified atom stereocenters. The van der Waals surface area contributed by atoms with Crippen molar-refractivity contribution in [1.29, 1.82) is 0 Å². The molecule has 1 aliphatic heterocycles. The number of pyridine rings is 1. The Morgan fingerprint density at radius 2 is 2.03 bits per heavy atom. The van der Waals surface area contributed by atoms with Gasteiger partial charge in [0.2, 0.25) is 0 Å². The van der Waals surface area contributed by atoms with Crippen molar-refractivity contribution < 1.29 is 13.9 Å². The van der Waals surface area contributed by atoms with Gasteiger partial charge in [0, 0.05) is 61.9 Å². The summed E-state index contributed by atoms with van der Waals surface area (Å²) in [6, 6.07) is 5.07. The van der Waals surface area contributed by atoms with Crippen LogP contribution in [-0.2, 0) is 0 Å². The number of ether oxygens (including phenoxy) is 1. The molecule has 164 valence electrons. The van der Waals surface area contributed by atoms with Gasteiger partial charge < -0.3 is 24.7 Å². The quantitative estimate of drug-likeness (QED) is 0.508. The minimum absolute atomic E-state index is 0.172. The van der Waals surface area contributed by atoms with Crippen molar-refractivity contribution in [3.8, 4) is 6.01 Å². The first-order valence-electron chi connectivity index (χ1n) is 10.3. The van der Waals surface area contributed by atoms with Gasteiger partial charge in [0.25, 0.3) is 5.91 Å². The number of benzene rings is 1. The maximum atomic E-state index is 14.4. The van der Waals surface area contributed by atoms with Crippen LogP contribution in [0.25, 0.3) is 16.6 Å². The normalized spacial score (nSPS) is 14.2. The molecule has 2 N–H and O–H groups in total. The third-order valence-electron chi connectivity index (χ3n) is 5.48. The molecule has 0 aliphatic carbocycles. The minimum atomic E-state index is -0.515. The van der Waals surface area contributed by atoms with Gasteiger partial charge in [-0.3, -0.25) is 4.79 Å². The number of rotatable bonds is 4. The number of nitrogens with one attached hydrogen (secondary N) is 2. The van der Waals surface area contributed by atoms with Crippen molar-refractivity contribution in [3.05, 3.63) is 53.9 Å². The summed E-state index contributed by atoms with van der Waals surface area (Å²) in [6.45, 7) is 5.22. The van der Waals surface area contributed by atoms with E-state index in [1.807, 2.05) is 6.07 Å². The monoisotopic (exact) mass is 435 g/mol. The molecule has 1 amide bonds. The van der Waals surface area contributed by atoms with E-state index in [4.69, 9.17) is 4.74 Å². The van der Waals surface area contributed by atoms with Crippen molar-refractivity contribution in [1.82, 2.24) is 24.7 Å². The Morgan fingerprint density at radius 3 is 2.81 bits per heavy atom. The van der Waals surface area contributed by atoms with Crippen molar-refractivity contribution in [3.63, 3.8) is 0 Å². The Labute approximate surface area is 183 Å². The summed E-state index contributed by atoms with van der Waals surface area (Å²) in [7, 11) is 1.48. The fraction of sp³-hybridized carbons (Fsp3) is 0.273. The Bertz CT molecular complexity index is 1330. The highest BCUT2D eigenvalue weighted by Crippen LogP contribution is 2.30. The third kappa shape index (κ3) is 3.58. The maximum Gasteiger partial charge on any atom is 0.316 e. The average molecular weight is 435 g/mol. The summed E-state index contributed by atoms with van der Waals surface area (Å²) in [5, 5.41) is 6.87. The first kappa shape index (κ1) is 20.1. The SMILES string of the molecule is COc1ncc2c(N3CCNCC3)ccc(C(=O)Nc3cc(F)c4nc(C)cn4c3)c2n1. The molecule has 0 saturated carbocycles. The predicted octanol–water partition coefficient (Wildman–Crippen LogP) is 2.40. The summed E-state index contributed by atoms with van der Waals surface area (Å²) in [5.41, 5.74) is 3.00. The number of imidazole rings is 1. The van der Waals surface area contributed by atoms with Gasteiger partial charge in [0.1, 0.15) is 0 Å². The summed E-state index contributed by atoms with van der Waals surface area (Å²) in [4.78, 5) is 28.3. The van der Waals surface area contributed by atoms with Gasteiger partial charge in [-0.2, -0.15) is 4.98 Å². The van der Waals surface area contributed by atoms with E-state index in [9.17, 15) is 9.18 Å². The molecule has 1 aromatic carbocycles. The van der Waals surface area contributed by atoms with Crippen LogP contribution in [0.2, 0.25) is 0 Å². The zero-order chi connectivity index (χ0) is 22.2. The van der Waals surface area contributed by atoms with Crippen LogP contribution in [0.3, 0.4) is 0 Å². The number of nitrogens with zero attached hydrogens (tertiary/aromatic N) is 5. The number of carbonyl (C=O) groups is 1. The van der Waals surface area contributed by atoms with Crippen molar-refractivity contribution >= 4 is 33.8 Å². The number of halogens is 1. The van der Waals surface area contributed by atoms with Gasteiger partial charge >= 0.3 is 6.01 Å². The van der Waals surface area contributed by atoms with Crippen LogP contribution in [0, 0.1) is 12.7 Å². The van der Waals surface area contributed by atoms with Crippen LogP contribution < -0.4 is 20.3 Å². The van der Waals surface area contributed by atoms with Gasteiger partial charge in [-0.15, -0.1) is 0 Å². The van der Waals surface area contributed by atoms with E-state index in [0.29, 0.717) is 22.5 Å². The van der Waals surface area contributed by atoms with Crippen LogP contribution >= 0.6 is 0 Å². The number of carbonyl (C=O) groups excluding carboxylic acids is 1. The van der Waals surface area contributed by atoms with Crippen molar-refractivity contribution in [2.75, 3.05) is 43.5 Å². The van der Waals surface area contributed by atoms with Gasteiger partial charge in [0.05, 0.1) is 29.6 Å². The first-order chi connectivity index (χ1) is 15.5. The summed E-state index contributed by atoms with van der Waals surface area (Å²) in [6.07, 6.45) is 5.00. The largest absolute Gasteiger partial charge is 0.467 e. The molecule has 0 atom stereocenters. The Kier molecular flexibility index (Phi) is 5.06. The molecule has 4 heterocycles. The zero-order valence-electron chi connectivity index (χ0n) is 17.7. The van der Waals surface area contributed by atoms with Gasteiger partial charge in [-0.05, 0) is 19.1 Å². The van der Waals surface area contributed by atoms with Gasteiger partial charge in [-0.25, -0.2) is 14.4 Å². The fourth-order valence-electron chi connectivity index (χ4n) is 4.00. The number of anilines is 2. The van der Waals surface area contributed by atoms with E-state index in [-0.39, 0.29) is 11.7 Å². The van der Waals surface area contributed by atoms with E-state index in [1.165, 1.54) is 13.2 Å². The second-order valence-electron chi connectivity index (χ2n) is 7.63. The molecule has 5 rings (SSSR count). The number of aryl methyl sites for hydroxylation is 1. The molecule has 1 fully saturated rings. The van der Waals surface area contributed by atoms with Crippen LogP contribution in [0.5, 0.6) is 6.01 Å². The topological polar surface area (TPSA) is 96.7 Å². The lowest BCUT2D eigenvalue weighted by Gasteiger charge is -2.30. The number of aromatic nitrogens is 4. The lowest BCUT2D eigenvalue weighted by Crippen LogP contribution is -2.43. The predicted molar refractivity (Wildman–Crippen MR) is 119 cm³/mol. The Hall–Kier alpha value is -3.79. The van der Waals surface area contributed by atoms with Crippen LogP contribution in [0.4, 0.5) is 15.8 Å². The number of piperazine rings is 1. The Morgan fingerprint density at radius 1 is 1.22 bits per heavy atom. The smallest absolute Gasteiger partial charge is 0.316 e. The van der Waals surface area contributed by atoms with Crippen LogP contribution in [0.15, 0.2) is 36.8 Å². The average Bonchev–Trinajstić information content (AvgIpc) is 3.19. The summed E-state index contributed by atoms with van der Waals surface area (Å²) in [5.74, 6) is -0.919. The second kappa shape index (κ2) is 8.04. The number of amides is 1. The molecular formula is C22H22FN7O2. The first-order valence-corrected chi connectivity index (χ1v) is 10.3. The number of hydrogen-bond donors (Lipinski definition) is 2. The van der Waals surface area contributed by atoms with Crippen molar-refractivity contribution in [2.24, 2.45) is 0 Å². The van der Waals surface area contributed by atoms with Gasteiger partial charge in [-0.1, -0.05) is 0 Å². The number of fused-ring (bicyclic) bond motifs is 2. The van der Waals surface area contributed by atoms with E-state index in [2.05, 4.69) is 30.5 Å². The van der Waals surface area contributed by atoms with E-state index in [1.54, 1.807) is 36.0 Å². The van der Waals surface area contributed by atoms with Gasteiger partial charge in [0.15, 0.2) is 11.5 Å². The molecule has 10 heteroatoms. The van der Waals surface area contributed by atoms with E-state index >= 15 is 0 Å². The van der Waals surface area contributed by atoms with E-state index < -0.39 is 11.7 Å². The lowest BCUT2D eigenvalue weighted by molar-refractivity contribution is 0.102. The highest BCUT2D eigenvalue weighted by Gasteiger charge is 2.20. The molecule has 1 saturated heterocycles. The van der Waals surface area contributed by atoms with Crippen LogP contribution in [0.1, 0.15) is 16.1 Å². The minimum Gasteiger partial charge on any atom is -0.467 e. The molecule has 1 aliphatic rings. The molecule has 4 aromatic rings. The standard InChI is InChI=1S/C22H22FN7O2/c1-13-11-30-12-14(9-17(23)20(30)26-13)27-21(31)15-3-4-18(29-7-5-24-6-8-29)16-10-25-22(32-2)28-19(15)16/h3-4,9-12,24H,5-8H2,1-2H3,(H,27,31). The van der Waals surface area contributed by atoms with E-state index in [0.717, 1.165) is 37.3 Å². The highest BCUT2D eigenvalue weighted by molar-refractivity contribution is 6.13. The van der Waals surface area contributed by atoms with Crippen molar-refractivity contribution in [2.45, 2.75) is 6.92 Å². The lowest BCUT2D eigenvalue weighted by atomic mass is 10.1. The second-order valence-corrected chi connectivity index (χ2v) is 7.63. The fourth-order valence-corrected chi connectivity index (χ4v) is 4.00. The molecule has 9 nitrogen and oxygen atoms in total. The summed E-state index contributed by atoms with van der Waals surface area (Å²) >= 11 is 0. The summed E-state index contributed by atoms with van der Waals surface area (Å²) < 4.78 is 21.2. The molecule has 0 bridgehead atoms.